The maximum Gasteiger partial charge on any atom is 0.251 e. The van der Waals surface area contributed by atoms with Crippen LogP contribution in [0.4, 0.5) is 14.5 Å². The highest BCUT2D eigenvalue weighted by Crippen LogP contribution is 2.17. The molecular formula is C13H13F2N3OS. The standard InChI is InChI=1S/C13H13F2N3OS/c1-7-6-20-11(18-7)2-3-17-13(19)8-4-9(14)12(16)10(15)5-8/h4-6H,2-3,16H2,1H3,(H,17,19). The van der Waals surface area contributed by atoms with Crippen LogP contribution in [0.1, 0.15) is 21.1 Å². The van der Waals surface area contributed by atoms with Gasteiger partial charge in [-0.15, -0.1) is 11.3 Å². The number of nitrogens with zero attached hydrogens (tertiary/aromatic N) is 1. The van der Waals surface area contributed by atoms with Gasteiger partial charge in [-0.1, -0.05) is 0 Å². The smallest absolute Gasteiger partial charge is 0.251 e. The first-order valence-electron chi connectivity index (χ1n) is 5.91. The Hall–Kier alpha value is -2.02. The van der Waals surface area contributed by atoms with Gasteiger partial charge in [0.15, 0.2) is 0 Å². The molecule has 0 atom stereocenters. The molecule has 0 bridgehead atoms. The number of anilines is 1. The Kier molecular flexibility index (Phi) is 4.29. The zero-order valence-corrected chi connectivity index (χ0v) is 11.6. The van der Waals surface area contributed by atoms with Crippen LogP contribution in [0.2, 0.25) is 0 Å². The number of thiazole rings is 1. The Labute approximate surface area is 118 Å². The average Bonchev–Trinajstić information content (AvgIpc) is 2.81. The zero-order valence-electron chi connectivity index (χ0n) is 10.7. The van der Waals surface area contributed by atoms with E-state index in [1.54, 1.807) is 0 Å². The number of carbonyl (C=O) groups excluding carboxylic acids is 1. The number of hydrogen-bond donors (Lipinski definition) is 2. The molecule has 0 aliphatic rings. The average molecular weight is 297 g/mol. The molecule has 4 nitrogen and oxygen atoms in total. The lowest BCUT2D eigenvalue weighted by molar-refractivity contribution is 0.0953. The van der Waals surface area contributed by atoms with Crippen molar-refractivity contribution in [2.24, 2.45) is 0 Å². The number of aromatic nitrogens is 1. The molecule has 1 aromatic carbocycles. The summed E-state index contributed by atoms with van der Waals surface area (Å²) in [5.74, 6) is -2.42. The molecule has 1 amide bonds. The van der Waals surface area contributed by atoms with E-state index >= 15 is 0 Å². The van der Waals surface area contributed by atoms with E-state index in [-0.39, 0.29) is 5.56 Å². The minimum atomic E-state index is -0.939. The van der Waals surface area contributed by atoms with Crippen LogP contribution >= 0.6 is 11.3 Å². The van der Waals surface area contributed by atoms with Gasteiger partial charge in [0.25, 0.3) is 5.91 Å². The van der Waals surface area contributed by atoms with E-state index in [2.05, 4.69) is 10.3 Å². The second-order valence-electron chi connectivity index (χ2n) is 4.24. The van der Waals surface area contributed by atoms with Gasteiger partial charge in [-0.25, -0.2) is 13.8 Å². The van der Waals surface area contributed by atoms with Gasteiger partial charge in [-0.05, 0) is 19.1 Å². The lowest BCUT2D eigenvalue weighted by Gasteiger charge is -2.06. The van der Waals surface area contributed by atoms with Crippen LogP contribution < -0.4 is 11.1 Å². The first-order valence-corrected chi connectivity index (χ1v) is 6.79. The van der Waals surface area contributed by atoms with Gasteiger partial charge in [-0.3, -0.25) is 4.79 Å². The van der Waals surface area contributed by atoms with E-state index in [1.807, 2.05) is 12.3 Å². The predicted molar refractivity (Wildman–Crippen MR) is 73.7 cm³/mol. The highest BCUT2D eigenvalue weighted by atomic mass is 32.1. The summed E-state index contributed by atoms with van der Waals surface area (Å²) < 4.78 is 26.5. The van der Waals surface area contributed by atoms with Crippen molar-refractivity contribution in [2.75, 3.05) is 12.3 Å². The Bertz CT molecular complexity index is 619. The van der Waals surface area contributed by atoms with Gasteiger partial charge in [0.2, 0.25) is 0 Å². The number of benzene rings is 1. The molecule has 3 N–H and O–H groups in total. The van der Waals surface area contributed by atoms with Crippen molar-refractivity contribution < 1.29 is 13.6 Å². The zero-order chi connectivity index (χ0) is 14.7. The van der Waals surface area contributed by atoms with Crippen LogP contribution in [0, 0.1) is 18.6 Å². The number of carbonyl (C=O) groups is 1. The molecule has 0 aliphatic carbocycles. The fourth-order valence-corrected chi connectivity index (χ4v) is 2.39. The summed E-state index contributed by atoms with van der Waals surface area (Å²) in [6.07, 6.45) is 0.574. The molecule has 2 aromatic rings. The van der Waals surface area contributed by atoms with Crippen LogP contribution in [-0.4, -0.2) is 17.4 Å². The third kappa shape index (κ3) is 3.30. The first-order chi connectivity index (χ1) is 9.47. The van der Waals surface area contributed by atoms with Crippen molar-refractivity contribution in [3.05, 3.63) is 45.4 Å². The SMILES string of the molecule is Cc1csc(CCNC(=O)c2cc(F)c(N)c(F)c2)n1. The summed E-state index contributed by atoms with van der Waals surface area (Å²) in [5.41, 5.74) is 5.39. The first kappa shape index (κ1) is 14.4. The van der Waals surface area contributed by atoms with Crippen LogP contribution in [-0.2, 0) is 6.42 Å². The number of amides is 1. The summed E-state index contributed by atoms with van der Waals surface area (Å²) in [6.45, 7) is 2.23. The maximum atomic E-state index is 13.2. The molecule has 2 rings (SSSR count). The molecule has 20 heavy (non-hydrogen) atoms. The van der Waals surface area contributed by atoms with Gasteiger partial charge in [0, 0.05) is 29.6 Å². The minimum absolute atomic E-state index is 0.0930. The van der Waals surface area contributed by atoms with Crippen molar-refractivity contribution in [1.29, 1.82) is 0 Å². The fourth-order valence-electron chi connectivity index (χ4n) is 1.62. The Morgan fingerprint density at radius 3 is 2.60 bits per heavy atom. The molecule has 1 heterocycles. The second kappa shape index (κ2) is 5.96. The van der Waals surface area contributed by atoms with E-state index in [4.69, 9.17) is 5.73 Å². The molecule has 0 saturated heterocycles. The second-order valence-corrected chi connectivity index (χ2v) is 5.18. The molecule has 0 radical (unpaired) electrons. The van der Waals surface area contributed by atoms with Crippen molar-refractivity contribution in [3.63, 3.8) is 0 Å². The quantitative estimate of drug-likeness (QED) is 0.851. The summed E-state index contributed by atoms with van der Waals surface area (Å²) in [4.78, 5) is 16.0. The van der Waals surface area contributed by atoms with Crippen LogP contribution in [0.25, 0.3) is 0 Å². The summed E-state index contributed by atoms with van der Waals surface area (Å²) in [5, 5.41) is 5.40. The molecular weight excluding hydrogens is 284 g/mol. The monoisotopic (exact) mass is 297 g/mol. The molecule has 106 valence electrons. The van der Waals surface area contributed by atoms with Gasteiger partial charge < -0.3 is 11.1 Å². The van der Waals surface area contributed by atoms with Gasteiger partial charge in [0.05, 0.1) is 5.01 Å². The Balaban J connectivity index is 1.95. The predicted octanol–water partition coefficient (Wildman–Crippen LogP) is 2.28. The highest BCUT2D eigenvalue weighted by molar-refractivity contribution is 7.09. The van der Waals surface area contributed by atoms with Gasteiger partial charge in [-0.2, -0.15) is 0 Å². The molecule has 0 fully saturated rings. The molecule has 0 aliphatic heterocycles. The largest absolute Gasteiger partial charge is 0.394 e. The number of halogens is 2. The lowest BCUT2D eigenvalue weighted by atomic mass is 10.1. The number of rotatable bonds is 4. The van der Waals surface area contributed by atoms with E-state index < -0.39 is 23.2 Å². The number of aryl methyl sites for hydroxylation is 1. The number of nitrogens with two attached hydrogens (primary N) is 1. The topological polar surface area (TPSA) is 68.0 Å². The fraction of sp³-hybridized carbons (Fsp3) is 0.231. The Morgan fingerprint density at radius 2 is 2.05 bits per heavy atom. The third-order valence-corrected chi connectivity index (χ3v) is 3.66. The summed E-state index contributed by atoms with van der Waals surface area (Å²) in [7, 11) is 0. The van der Waals surface area contributed by atoms with Crippen molar-refractivity contribution in [1.82, 2.24) is 10.3 Å². The highest BCUT2D eigenvalue weighted by Gasteiger charge is 2.13. The van der Waals surface area contributed by atoms with E-state index in [1.165, 1.54) is 11.3 Å². The van der Waals surface area contributed by atoms with Crippen LogP contribution in [0.3, 0.4) is 0 Å². The van der Waals surface area contributed by atoms with Gasteiger partial charge >= 0.3 is 0 Å². The van der Waals surface area contributed by atoms with Crippen molar-refractivity contribution >= 4 is 22.9 Å². The third-order valence-electron chi connectivity index (χ3n) is 2.63. The lowest BCUT2D eigenvalue weighted by Crippen LogP contribution is -2.26. The summed E-state index contributed by atoms with van der Waals surface area (Å²) in [6, 6.07) is 1.84. The minimum Gasteiger partial charge on any atom is -0.394 e. The van der Waals surface area contributed by atoms with E-state index in [0.29, 0.717) is 13.0 Å². The molecule has 1 aromatic heterocycles. The summed E-state index contributed by atoms with van der Waals surface area (Å²) >= 11 is 1.50. The molecule has 0 spiro atoms. The van der Waals surface area contributed by atoms with E-state index in [9.17, 15) is 13.6 Å². The number of hydrogen-bond acceptors (Lipinski definition) is 4. The van der Waals surface area contributed by atoms with Crippen molar-refractivity contribution in [2.45, 2.75) is 13.3 Å². The van der Waals surface area contributed by atoms with Crippen molar-refractivity contribution in [3.8, 4) is 0 Å². The van der Waals surface area contributed by atoms with Crippen LogP contribution in [0.15, 0.2) is 17.5 Å². The molecule has 0 unspecified atom stereocenters. The normalized spacial score (nSPS) is 10.6. The molecule has 0 saturated carbocycles. The molecule has 7 heteroatoms. The van der Waals surface area contributed by atoms with Gasteiger partial charge in [0.1, 0.15) is 17.3 Å². The maximum absolute atomic E-state index is 13.2. The van der Waals surface area contributed by atoms with Crippen LogP contribution in [0.5, 0.6) is 0 Å². The number of nitrogens with one attached hydrogen (secondary N) is 1. The number of nitrogen functional groups attached to an aromatic ring is 1. The van der Waals surface area contributed by atoms with E-state index in [0.717, 1.165) is 22.8 Å². The Morgan fingerprint density at radius 1 is 1.40 bits per heavy atom.